The second-order valence-corrected chi connectivity index (χ2v) is 2.05. The van der Waals surface area contributed by atoms with E-state index in [1.54, 1.807) is 13.2 Å². The molecule has 0 fully saturated rings. The Morgan fingerprint density at radius 1 is 1.80 bits per heavy atom. The summed E-state index contributed by atoms with van der Waals surface area (Å²) in [5.41, 5.74) is 6.22. The first kappa shape index (κ1) is 7.06. The molecule has 0 aliphatic carbocycles. The lowest BCUT2D eigenvalue weighted by molar-refractivity contribution is 0.296. The van der Waals surface area contributed by atoms with Gasteiger partial charge in [-0.15, -0.1) is 0 Å². The SMILES string of the molecule is [B]C1=CC(OC)=C(N)NC1. The summed E-state index contributed by atoms with van der Waals surface area (Å²) in [5.74, 6) is 1.14. The van der Waals surface area contributed by atoms with Gasteiger partial charge in [0.2, 0.25) is 0 Å². The molecule has 0 amide bonds. The van der Waals surface area contributed by atoms with Gasteiger partial charge in [0.1, 0.15) is 13.7 Å². The molecule has 3 N–H and O–H groups in total. The van der Waals surface area contributed by atoms with Gasteiger partial charge in [0, 0.05) is 6.54 Å². The van der Waals surface area contributed by atoms with Crippen LogP contribution in [-0.4, -0.2) is 21.5 Å². The topological polar surface area (TPSA) is 47.3 Å². The fraction of sp³-hybridized carbons (Fsp3) is 0.333. The van der Waals surface area contributed by atoms with Crippen LogP contribution in [0.5, 0.6) is 0 Å². The molecule has 4 heteroatoms. The van der Waals surface area contributed by atoms with E-state index in [1.807, 2.05) is 0 Å². The number of ether oxygens (including phenoxy) is 1. The van der Waals surface area contributed by atoms with Crippen molar-refractivity contribution in [3.63, 3.8) is 0 Å². The first-order chi connectivity index (χ1) is 4.74. The van der Waals surface area contributed by atoms with Gasteiger partial charge in [-0.2, -0.15) is 0 Å². The molecule has 0 saturated carbocycles. The van der Waals surface area contributed by atoms with Gasteiger partial charge in [0.15, 0.2) is 5.76 Å². The van der Waals surface area contributed by atoms with Gasteiger partial charge >= 0.3 is 0 Å². The van der Waals surface area contributed by atoms with Crippen LogP contribution in [-0.2, 0) is 4.74 Å². The van der Waals surface area contributed by atoms with Crippen LogP contribution in [0.4, 0.5) is 0 Å². The minimum atomic E-state index is 0.539. The molecule has 0 saturated heterocycles. The average molecular weight is 136 g/mol. The maximum atomic E-state index is 5.50. The third-order valence-electron chi connectivity index (χ3n) is 1.28. The Bertz CT molecular complexity index is 198. The van der Waals surface area contributed by atoms with Crippen LogP contribution in [0, 0.1) is 0 Å². The zero-order valence-corrected chi connectivity index (χ0v) is 5.85. The Hall–Kier alpha value is -1.06. The molecule has 1 aliphatic heterocycles. The fourth-order valence-corrected chi connectivity index (χ4v) is 0.750. The maximum absolute atomic E-state index is 5.50. The van der Waals surface area contributed by atoms with Crippen molar-refractivity contribution in [1.29, 1.82) is 0 Å². The summed E-state index contributed by atoms with van der Waals surface area (Å²) in [4.78, 5) is 0. The van der Waals surface area contributed by atoms with Crippen molar-refractivity contribution in [2.45, 2.75) is 0 Å². The lowest BCUT2D eigenvalue weighted by Gasteiger charge is -2.16. The van der Waals surface area contributed by atoms with Gasteiger partial charge in [-0.25, -0.2) is 0 Å². The van der Waals surface area contributed by atoms with Gasteiger partial charge < -0.3 is 15.8 Å². The van der Waals surface area contributed by atoms with E-state index in [0.29, 0.717) is 18.1 Å². The maximum Gasteiger partial charge on any atom is 0.157 e. The summed E-state index contributed by atoms with van der Waals surface area (Å²) in [5, 5.41) is 2.87. The van der Waals surface area contributed by atoms with Gasteiger partial charge in [-0.05, 0) is 6.08 Å². The van der Waals surface area contributed by atoms with Crippen LogP contribution in [0.2, 0.25) is 0 Å². The van der Waals surface area contributed by atoms with Crippen molar-refractivity contribution in [3.05, 3.63) is 23.1 Å². The summed E-state index contributed by atoms with van der Waals surface area (Å²) in [6, 6.07) is 0. The molecule has 52 valence electrons. The molecule has 1 rings (SSSR count). The fourth-order valence-electron chi connectivity index (χ4n) is 0.750. The van der Waals surface area contributed by atoms with Crippen LogP contribution in [0.15, 0.2) is 23.1 Å². The lowest BCUT2D eigenvalue weighted by atomic mass is 9.93. The van der Waals surface area contributed by atoms with E-state index < -0.39 is 0 Å². The van der Waals surface area contributed by atoms with E-state index in [-0.39, 0.29) is 0 Å². The third-order valence-corrected chi connectivity index (χ3v) is 1.28. The number of methoxy groups -OCH3 is 1. The van der Waals surface area contributed by atoms with E-state index in [0.717, 1.165) is 5.47 Å². The van der Waals surface area contributed by atoms with Crippen LogP contribution in [0.1, 0.15) is 0 Å². The Morgan fingerprint density at radius 3 is 3.00 bits per heavy atom. The molecular formula is C6H9BN2O. The summed E-state index contributed by atoms with van der Waals surface area (Å²) in [7, 11) is 7.05. The van der Waals surface area contributed by atoms with Crippen molar-refractivity contribution in [2.24, 2.45) is 5.73 Å². The van der Waals surface area contributed by atoms with Crippen molar-refractivity contribution in [2.75, 3.05) is 13.7 Å². The predicted octanol–water partition coefficient (Wildman–Crippen LogP) is -0.584. The molecule has 2 radical (unpaired) electrons. The number of nitrogens with two attached hydrogens (primary N) is 1. The highest BCUT2D eigenvalue weighted by Gasteiger charge is 2.05. The molecule has 0 aromatic heterocycles. The predicted molar refractivity (Wildman–Crippen MR) is 40.1 cm³/mol. The molecular weight excluding hydrogens is 127 g/mol. The highest BCUT2D eigenvalue weighted by Crippen LogP contribution is 2.07. The van der Waals surface area contributed by atoms with Crippen molar-refractivity contribution in [3.8, 4) is 0 Å². The Morgan fingerprint density at radius 2 is 2.50 bits per heavy atom. The van der Waals surface area contributed by atoms with E-state index in [4.69, 9.17) is 18.3 Å². The van der Waals surface area contributed by atoms with Gasteiger partial charge in [-0.1, -0.05) is 5.47 Å². The quantitative estimate of drug-likeness (QED) is 0.474. The van der Waals surface area contributed by atoms with Crippen molar-refractivity contribution >= 4 is 7.85 Å². The number of allylic oxidation sites excluding steroid dienone is 1. The molecule has 0 aromatic rings. The second-order valence-electron chi connectivity index (χ2n) is 2.05. The molecule has 3 nitrogen and oxygen atoms in total. The number of nitrogens with one attached hydrogen (secondary N) is 1. The molecule has 0 spiro atoms. The van der Waals surface area contributed by atoms with Crippen LogP contribution >= 0.6 is 0 Å². The molecule has 0 aromatic carbocycles. The third kappa shape index (κ3) is 1.26. The zero-order valence-electron chi connectivity index (χ0n) is 5.85. The first-order valence-electron chi connectivity index (χ1n) is 2.97. The molecule has 1 heterocycles. The highest BCUT2D eigenvalue weighted by atomic mass is 16.5. The Kier molecular flexibility index (Phi) is 1.90. The largest absolute Gasteiger partial charge is 0.493 e. The molecule has 10 heavy (non-hydrogen) atoms. The average Bonchev–Trinajstić information content (AvgIpc) is 1.94. The van der Waals surface area contributed by atoms with Gasteiger partial charge in [0.05, 0.1) is 7.11 Å². The zero-order chi connectivity index (χ0) is 7.56. The first-order valence-corrected chi connectivity index (χ1v) is 2.97. The number of hydrogen-bond donors (Lipinski definition) is 2. The monoisotopic (exact) mass is 136 g/mol. The molecule has 0 bridgehead atoms. The highest BCUT2D eigenvalue weighted by molar-refractivity contribution is 6.22. The van der Waals surface area contributed by atoms with Crippen molar-refractivity contribution < 1.29 is 4.74 Å². The summed E-state index contributed by atoms with van der Waals surface area (Å²) >= 11 is 0. The van der Waals surface area contributed by atoms with E-state index >= 15 is 0 Å². The Labute approximate surface area is 61.3 Å². The summed E-state index contributed by atoms with van der Waals surface area (Å²) < 4.78 is 4.91. The standard InChI is InChI=1S/C6H9BN2O/c1-10-5-2-4(7)3-9-6(5)8/h2,9H,3,8H2,1H3. The van der Waals surface area contributed by atoms with Crippen molar-refractivity contribution in [1.82, 2.24) is 5.32 Å². The summed E-state index contributed by atoms with van der Waals surface area (Å²) in [6.45, 7) is 0.596. The molecule has 0 unspecified atom stereocenters. The van der Waals surface area contributed by atoms with Crippen LogP contribution in [0.25, 0.3) is 0 Å². The second kappa shape index (κ2) is 2.69. The van der Waals surface area contributed by atoms with E-state index in [2.05, 4.69) is 5.32 Å². The number of rotatable bonds is 1. The molecule has 0 atom stereocenters. The van der Waals surface area contributed by atoms with Gasteiger partial charge in [0.25, 0.3) is 0 Å². The van der Waals surface area contributed by atoms with Gasteiger partial charge in [-0.3, -0.25) is 0 Å². The minimum Gasteiger partial charge on any atom is -0.493 e. The van der Waals surface area contributed by atoms with Crippen LogP contribution in [0.3, 0.4) is 0 Å². The van der Waals surface area contributed by atoms with Crippen LogP contribution < -0.4 is 11.1 Å². The smallest absolute Gasteiger partial charge is 0.157 e. The number of hydrogen-bond acceptors (Lipinski definition) is 3. The minimum absolute atomic E-state index is 0.539. The normalized spacial score (nSPS) is 17.9. The Balaban J connectivity index is 2.82. The van der Waals surface area contributed by atoms with E-state index in [9.17, 15) is 0 Å². The summed E-state index contributed by atoms with van der Waals surface area (Å²) in [6.07, 6.45) is 1.71. The lowest BCUT2D eigenvalue weighted by Crippen LogP contribution is -2.28. The molecule has 1 aliphatic rings. The number of dihydropyridines is 1. The van der Waals surface area contributed by atoms with E-state index in [1.165, 1.54) is 0 Å².